The fourth-order valence-electron chi connectivity index (χ4n) is 4.38. The summed E-state index contributed by atoms with van der Waals surface area (Å²) in [6.45, 7) is 14.0. The van der Waals surface area contributed by atoms with Gasteiger partial charge in [-0.2, -0.15) is 5.10 Å². The highest BCUT2D eigenvalue weighted by Gasteiger charge is 2.33. The summed E-state index contributed by atoms with van der Waals surface area (Å²) in [5.74, 6) is 1.36. The first-order valence-corrected chi connectivity index (χ1v) is 10.1. The third-order valence-electron chi connectivity index (χ3n) is 5.89. The second-order valence-corrected chi connectivity index (χ2v) is 9.03. The lowest BCUT2D eigenvalue weighted by Gasteiger charge is -2.45. The molecule has 2 aliphatic heterocycles. The summed E-state index contributed by atoms with van der Waals surface area (Å²) in [5, 5.41) is 11.0. The molecule has 2 saturated heterocycles. The van der Waals surface area contributed by atoms with Crippen LogP contribution in [0, 0.1) is 11.8 Å². The van der Waals surface area contributed by atoms with E-state index in [0.717, 1.165) is 39.0 Å². The smallest absolute Gasteiger partial charge is 0.271 e. The molecule has 3 atom stereocenters. The molecule has 0 spiro atoms. The standard InChI is InChI=1S/C20H35N5O/c1-15-10-16(2)13-24(12-15)20(3,4)14-22-19(26)18-7-9-25(23-18)17-6-5-8-21-11-17/h7,9,15-17,21H,5-6,8,10-14H2,1-4H3,(H,22,26). The largest absolute Gasteiger partial charge is 0.349 e. The number of aromatic nitrogens is 2. The van der Waals surface area contributed by atoms with E-state index in [0.29, 0.717) is 30.1 Å². The molecule has 6 heteroatoms. The van der Waals surface area contributed by atoms with Gasteiger partial charge in [0.1, 0.15) is 5.69 Å². The molecule has 0 aromatic carbocycles. The second kappa shape index (κ2) is 8.09. The maximum absolute atomic E-state index is 12.6. The van der Waals surface area contributed by atoms with Crippen molar-refractivity contribution in [3.63, 3.8) is 0 Å². The highest BCUT2D eigenvalue weighted by Crippen LogP contribution is 2.27. The van der Waals surface area contributed by atoms with Gasteiger partial charge in [0.15, 0.2) is 0 Å². The molecular formula is C20H35N5O. The topological polar surface area (TPSA) is 62.2 Å². The van der Waals surface area contributed by atoms with Gasteiger partial charge in [-0.15, -0.1) is 0 Å². The molecule has 1 aromatic rings. The Morgan fingerprint density at radius 1 is 1.35 bits per heavy atom. The maximum Gasteiger partial charge on any atom is 0.271 e. The second-order valence-electron chi connectivity index (χ2n) is 9.03. The molecule has 3 heterocycles. The summed E-state index contributed by atoms with van der Waals surface area (Å²) in [6.07, 6.45) is 5.51. The van der Waals surface area contributed by atoms with Crippen LogP contribution >= 0.6 is 0 Å². The molecule has 3 unspecified atom stereocenters. The van der Waals surface area contributed by atoms with Gasteiger partial charge in [0, 0.05) is 37.9 Å². The van der Waals surface area contributed by atoms with Crippen LogP contribution in [-0.4, -0.2) is 58.9 Å². The number of nitrogens with zero attached hydrogens (tertiary/aromatic N) is 3. The lowest BCUT2D eigenvalue weighted by Crippen LogP contribution is -2.56. The van der Waals surface area contributed by atoms with Crippen LogP contribution in [0.1, 0.15) is 63.5 Å². The molecule has 3 rings (SSSR count). The predicted molar refractivity (Wildman–Crippen MR) is 104 cm³/mol. The quantitative estimate of drug-likeness (QED) is 0.845. The molecule has 6 nitrogen and oxygen atoms in total. The van der Waals surface area contributed by atoms with Crippen molar-refractivity contribution >= 4 is 5.91 Å². The van der Waals surface area contributed by atoms with E-state index in [4.69, 9.17) is 0 Å². The molecule has 2 aliphatic rings. The minimum Gasteiger partial charge on any atom is -0.349 e. The Labute approximate surface area is 157 Å². The van der Waals surface area contributed by atoms with Crippen molar-refractivity contribution in [2.75, 3.05) is 32.7 Å². The van der Waals surface area contributed by atoms with Crippen molar-refractivity contribution in [1.29, 1.82) is 0 Å². The van der Waals surface area contributed by atoms with Gasteiger partial charge in [-0.05, 0) is 57.6 Å². The van der Waals surface area contributed by atoms with Gasteiger partial charge in [0.2, 0.25) is 0 Å². The van der Waals surface area contributed by atoms with E-state index in [1.54, 1.807) is 0 Å². The minimum absolute atomic E-state index is 0.0472. The Balaban J connectivity index is 1.55. The molecule has 26 heavy (non-hydrogen) atoms. The first-order chi connectivity index (χ1) is 12.3. The fraction of sp³-hybridized carbons (Fsp3) is 0.800. The SMILES string of the molecule is CC1CC(C)CN(C(C)(C)CNC(=O)c2ccn(C3CCCNC3)n2)C1. The number of nitrogens with one attached hydrogen (secondary N) is 2. The van der Waals surface area contributed by atoms with Crippen LogP contribution in [-0.2, 0) is 0 Å². The molecule has 2 N–H and O–H groups in total. The van der Waals surface area contributed by atoms with Crippen LogP contribution in [0.3, 0.4) is 0 Å². The first-order valence-electron chi connectivity index (χ1n) is 10.1. The van der Waals surface area contributed by atoms with E-state index in [2.05, 4.69) is 48.3 Å². The van der Waals surface area contributed by atoms with Crippen LogP contribution in [0.5, 0.6) is 0 Å². The first kappa shape index (κ1) is 19.4. The zero-order chi connectivity index (χ0) is 18.7. The zero-order valence-corrected chi connectivity index (χ0v) is 16.8. The molecule has 2 fully saturated rings. The van der Waals surface area contributed by atoms with Crippen molar-refractivity contribution < 1.29 is 4.79 Å². The number of amides is 1. The molecular weight excluding hydrogens is 326 g/mol. The van der Waals surface area contributed by atoms with Crippen molar-refractivity contribution in [2.45, 2.75) is 58.5 Å². The van der Waals surface area contributed by atoms with Gasteiger partial charge in [-0.1, -0.05) is 13.8 Å². The number of hydrogen-bond acceptors (Lipinski definition) is 4. The van der Waals surface area contributed by atoms with Gasteiger partial charge in [-0.25, -0.2) is 0 Å². The van der Waals surface area contributed by atoms with E-state index in [1.807, 2.05) is 16.9 Å². The number of carbonyl (C=O) groups is 1. The van der Waals surface area contributed by atoms with E-state index in [1.165, 1.54) is 6.42 Å². The van der Waals surface area contributed by atoms with E-state index >= 15 is 0 Å². The maximum atomic E-state index is 12.6. The number of rotatable bonds is 5. The molecule has 1 amide bonds. The lowest BCUT2D eigenvalue weighted by molar-refractivity contribution is 0.0444. The van der Waals surface area contributed by atoms with E-state index in [9.17, 15) is 4.79 Å². The highest BCUT2D eigenvalue weighted by molar-refractivity contribution is 5.92. The Bertz CT molecular complexity index is 595. The summed E-state index contributed by atoms with van der Waals surface area (Å²) >= 11 is 0. The average Bonchev–Trinajstić information content (AvgIpc) is 3.10. The summed E-state index contributed by atoms with van der Waals surface area (Å²) in [5.41, 5.74) is 0.473. The van der Waals surface area contributed by atoms with Crippen molar-refractivity contribution in [2.24, 2.45) is 11.8 Å². The Morgan fingerprint density at radius 2 is 2.08 bits per heavy atom. The number of carbonyl (C=O) groups excluding carboxylic acids is 1. The molecule has 1 aromatic heterocycles. The average molecular weight is 362 g/mol. The van der Waals surface area contributed by atoms with Gasteiger partial charge < -0.3 is 10.6 Å². The Kier molecular flexibility index (Phi) is 6.03. The number of likely N-dealkylation sites (tertiary alicyclic amines) is 1. The number of piperidine rings is 2. The van der Waals surface area contributed by atoms with Crippen LogP contribution in [0.15, 0.2) is 12.3 Å². The summed E-state index contributed by atoms with van der Waals surface area (Å²) in [4.78, 5) is 15.1. The molecule has 0 aliphatic carbocycles. The fourth-order valence-corrected chi connectivity index (χ4v) is 4.38. The van der Waals surface area contributed by atoms with Gasteiger partial charge in [0.05, 0.1) is 6.04 Å². The lowest BCUT2D eigenvalue weighted by atomic mass is 9.88. The summed E-state index contributed by atoms with van der Waals surface area (Å²) < 4.78 is 1.94. The molecule has 0 bridgehead atoms. The van der Waals surface area contributed by atoms with Crippen molar-refractivity contribution in [3.8, 4) is 0 Å². The van der Waals surface area contributed by atoms with Gasteiger partial charge in [0.25, 0.3) is 5.91 Å². The molecule has 0 saturated carbocycles. The predicted octanol–water partition coefficient (Wildman–Crippen LogP) is 2.29. The monoisotopic (exact) mass is 361 g/mol. The Hall–Kier alpha value is -1.40. The van der Waals surface area contributed by atoms with Crippen LogP contribution in [0.2, 0.25) is 0 Å². The third kappa shape index (κ3) is 4.65. The van der Waals surface area contributed by atoms with Crippen LogP contribution in [0.4, 0.5) is 0 Å². The summed E-state index contributed by atoms with van der Waals surface area (Å²) in [7, 11) is 0. The normalized spacial score (nSPS) is 28.1. The van der Waals surface area contributed by atoms with Crippen molar-refractivity contribution in [3.05, 3.63) is 18.0 Å². The molecule has 0 radical (unpaired) electrons. The third-order valence-corrected chi connectivity index (χ3v) is 5.89. The van der Waals surface area contributed by atoms with Gasteiger partial charge >= 0.3 is 0 Å². The van der Waals surface area contributed by atoms with Crippen LogP contribution in [0.25, 0.3) is 0 Å². The van der Waals surface area contributed by atoms with E-state index < -0.39 is 0 Å². The Morgan fingerprint density at radius 3 is 2.73 bits per heavy atom. The summed E-state index contributed by atoms with van der Waals surface area (Å²) in [6, 6.07) is 2.19. The molecule has 146 valence electrons. The highest BCUT2D eigenvalue weighted by atomic mass is 16.2. The van der Waals surface area contributed by atoms with Crippen molar-refractivity contribution in [1.82, 2.24) is 25.3 Å². The van der Waals surface area contributed by atoms with Gasteiger partial charge in [-0.3, -0.25) is 14.4 Å². The minimum atomic E-state index is -0.0706. The van der Waals surface area contributed by atoms with Crippen LogP contribution < -0.4 is 10.6 Å². The number of hydrogen-bond donors (Lipinski definition) is 2. The zero-order valence-electron chi connectivity index (χ0n) is 16.8. The van der Waals surface area contributed by atoms with E-state index in [-0.39, 0.29) is 11.4 Å².